The number of hydrogen-bond donors (Lipinski definition) is 2. The fourth-order valence-corrected chi connectivity index (χ4v) is 2.55. The van der Waals surface area contributed by atoms with Gasteiger partial charge in [-0.2, -0.15) is 5.10 Å². The molecule has 0 saturated carbocycles. The number of para-hydroxylation sites is 1. The molecular weight excluding hydrogens is 338 g/mol. The molecule has 0 amide bonds. The smallest absolute Gasteiger partial charge is 0.191 e. The highest BCUT2D eigenvalue weighted by molar-refractivity contribution is 5.79. The lowest BCUT2D eigenvalue weighted by atomic mass is 10.2. The maximum absolute atomic E-state index is 5.60. The van der Waals surface area contributed by atoms with Crippen LogP contribution in [0.1, 0.15) is 32.8 Å². The molecular formula is C21H33N5O. The van der Waals surface area contributed by atoms with Crippen molar-refractivity contribution in [3.63, 3.8) is 0 Å². The predicted molar refractivity (Wildman–Crippen MR) is 112 cm³/mol. The normalized spacial score (nSPS) is 11.8. The Morgan fingerprint density at radius 3 is 2.78 bits per heavy atom. The number of aliphatic imine (C=N–C) groups is 1. The first-order valence-electron chi connectivity index (χ1n) is 9.88. The van der Waals surface area contributed by atoms with Crippen molar-refractivity contribution in [3.8, 4) is 5.69 Å². The monoisotopic (exact) mass is 371 g/mol. The van der Waals surface area contributed by atoms with Gasteiger partial charge in [0.05, 0.1) is 11.9 Å². The molecule has 6 nitrogen and oxygen atoms in total. The van der Waals surface area contributed by atoms with Crippen LogP contribution in [0.25, 0.3) is 5.69 Å². The highest BCUT2D eigenvalue weighted by Crippen LogP contribution is 2.07. The first-order valence-corrected chi connectivity index (χ1v) is 9.88. The van der Waals surface area contributed by atoms with Crippen molar-refractivity contribution in [1.29, 1.82) is 0 Å². The predicted octanol–water partition coefficient (Wildman–Crippen LogP) is 3.03. The van der Waals surface area contributed by atoms with Crippen molar-refractivity contribution >= 4 is 5.96 Å². The second kappa shape index (κ2) is 12.1. The van der Waals surface area contributed by atoms with Crippen molar-refractivity contribution in [3.05, 3.63) is 48.3 Å². The summed E-state index contributed by atoms with van der Waals surface area (Å²) in [7, 11) is 0. The Morgan fingerprint density at radius 2 is 2.04 bits per heavy atom. The van der Waals surface area contributed by atoms with Crippen molar-refractivity contribution in [1.82, 2.24) is 20.4 Å². The second-order valence-electron chi connectivity index (χ2n) is 6.89. The average molecular weight is 372 g/mol. The number of benzene rings is 1. The van der Waals surface area contributed by atoms with Crippen LogP contribution in [0, 0.1) is 5.92 Å². The van der Waals surface area contributed by atoms with Crippen molar-refractivity contribution in [2.24, 2.45) is 10.9 Å². The average Bonchev–Trinajstić information content (AvgIpc) is 3.14. The SMILES string of the molecule is CCNC(=NCCCOCC(C)C)NCCc1cnn(-c2ccccc2)c1. The summed E-state index contributed by atoms with van der Waals surface area (Å²) in [6, 6.07) is 10.2. The third kappa shape index (κ3) is 8.26. The third-order valence-electron chi connectivity index (χ3n) is 3.88. The van der Waals surface area contributed by atoms with E-state index in [-0.39, 0.29) is 0 Å². The number of ether oxygens (including phenoxy) is 1. The van der Waals surface area contributed by atoms with Gasteiger partial charge in [-0.3, -0.25) is 4.99 Å². The highest BCUT2D eigenvalue weighted by atomic mass is 16.5. The Bertz CT molecular complexity index is 666. The van der Waals surface area contributed by atoms with E-state index in [4.69, 9.17) is 4.74 Å². The minimum Gasteiger partial charge on any atom is -0.381 e. The molecule has 6 heteroatoms. The topological polar surface area (TPSA) is 63.5 Å². The maximum Gasteiger partial charge on any atom is 0.191 e. The Hall–Kier alpha value is -2.34. The summed E-state index contributed by atoms with van der Waals surface area (Å²) in [6.45, 7) is 10.4. The van der Waals surface area contributed by atoms with Gasteiger partial charge < -0.3 is 15.4 Å². The van der Waals surface area contributed by atoms with Crippen LogP contribution < -0.4 is 10.6 Å². The van der Waals surface area contributed by atoms with Gasteiger partial charge in [-0.1, -0.05) is 32.0 Å². The van der Waals surface area contributed by atoms with Gasteiger partial charge in [-0.25, -0.2) is 4.68 Å². The number of nitrogens with zero attached hydrogens (tertiary/aromatic N) is 3. The molecule has 2 rings (SSSR count). The van der Waals surface area contributed by atoms with Gasteiger partial charge in [0.1, 0.15) is 0 Å². The Labute approximate surface area is 163 Å². The molecule has 0 radical (unpaired) electrons. The number of hydrogen-bond acceptors (Lipinski definition) is 3. The van der Waals surface area contributed by atoms with E-state index in [1.807, 2.05) is 29.1 Å². The molecule has 27 heavy (non-hydrogen) atoms. The van der Waals surface area contributed by atoms with Gasteiger partial charge in [-0.15, -0.1) is 0 Å². The zero-order chi connectivity index (χ0) is 19.3. The van der Waals surface area contributed by atoms with Gasteiger partial charge in [0.25, 0.3) is 0 Å². The lowest BCUT2D eigenvalue weighted by molar-refractivity contribution is 0.109. The number of guanidine groups is 1. The standard InChI is InChI=1S/C21H33N5O/c1-4-22-21(23-12-8-14-27-17-18(2)3)24-13-11-19-15-25-26(16-19)20-9-6-5-7-10-20/h5-7,9-10,15-16,18H,4,8,11-14,17H2,1-3H3,(H2,22,23,24). The van der Waals surface area contributed by atoms with E-state index >= 15 is 0 Å². The second-order valence-corrected chi connectivity index (χ2v) is 6.89. The summed E-state index contributed by atoms with van der Waals surface area (Å²) >= 11 is 0. The van der Waals surface area contributed by atoms with E-state index in [1.54, 1.807) is 0 Å². The minimum atomic E-state index is 0.582. The van der Waals surface area contributed by atoms with Crippen molar-refractivity contribution in [2.75, 3.05) is 32.8 Å². The molecule has 0 aliphatic carbocycles. The summed E-state index contributed by atoms with van der Waals surface area (Å²) in [5.74, 6) is 1.44. The van der Waals surface area contributed by atoms with Crippen LogP contribution in [-0.2, 0) is 11.2 Å². The highest BCUT2D eigenvalue weighted by Gasteiger charge is 2.02. The van der Waals surface area contributed by atoms with E-state index < -0.39 is 0 Å². The molecule has 2 aromatic rings. The lowest BCUT2D eigenvalue weighted by Crippen LogP contribution is -2.38. The van der Waals surface area contributed by atoms with E-state index in [9.17, 15) is 0 Å². The molecule has 0 atom stereocenters. The van der Waals surface area contributed by atoms with Crippen molar-refractivity contribution < 1.29 is 4.74 Å². The van der Waals surface area contributed by atoms with Gasteiger partial charge in [0.15, 0.2) is 5.96 Å². The Kier molecular flexibility index (Phi) is 9.41. The van der Waals surface area contributed by atoms with Gasteiger partial charge in [0, 0.05) is 39.0 Å². The molecule has 0 unspecified atom stereocenters. The van der Waals surface area contributed by atoms with Crippen LogP contribution in [0.15, 0.2) is 47.7 Å². The zero-order valence-electron chi connectivity index (χ0n) is 16.8. The van der Waals surface area contributed by atoms with Crippen LogP contribution in [0.3, 0.4) is 0 Å². The van der Waals surface area contributed by atoms with Crippen molar-refractivity contribution in [2.45, 2.75) is 33.6 Å². The lowest BCUT2D eigenvalue weighted by Gasteiger charge is -2.11. The van der Waals surface area contributed by atoms with Crippen LogP contribution in [0.5, 0.6) is 0 Å². The third-order valence-corrected chi connectivity index (χ3v) is 3.88. The first kappa shape index (κ1) is 21.0. The fourth-order valence-electron chi connectivity index (χ4n) is 2.55. The summed E-state index contributed by atoms with van der Waals surface area (Å²) in [5.41, 5.74) is 2.27. The zero-order valence-corrected chi connectivity index (χ0v) is 16.8. The molecule has 148 valence electrons. The fraction of sp³-hybridized carbons (Fsp3) is 0.524. The molecule has 1 aromatic carbocycles. The van der Waals surface area contributed by atoms with Crippen LogP contribution in [0.4, 0.5) is 0 Å². The van der Waals surface area contributed by atoms with E-state index in [1.165, 1.54) is 5.56 Å². The Balaban J connectivity index is 1.72. The first-order chi connectivity index (χ1) is 13.2. The molecule has 0 aliphatic rings. The number of rotatable bonds is 11. The summed E-state index contributed by atoms with van der Waals surface area (Å²) < 4.78 is 7.50. The van der Waals surface area contributed by atoms with E-state index in [0.717, 1.165) is 57.3 Å². The summed E-state index contributed by atoms with van der Waals surface area (Å²) in [5, 5.41) is 11.1. The molecule has 0 saturated heterocycles. The molecule has 1 aromatic heterocycles. The van der Waals surface area contributed by atoms with Crippen LogP contribution >= 0.6 is 0 Å². The summed E-state index contributed by atoms with van der Waals surface area (Å²) in [4.78, 5) is 4.61. The largest absolute Gasteiger partial charge is 0.381 e. The van der Waals surface area contributed by atoms with Gasteiger partial charge >= 0.3 is 0 Å². The number of aromatic nitrogens is 2. The minimum absolute atomic E-state index is 0.582. The molecule has 0 aliphatic heterocycles. The molecule has 2 N–H and O–H groups in total. The van der Waals surface area contributed by atoms with Gasteiger partial charge in [-0.05, 0) is 43.4 Å². The maximum atomic E-state index is 5.60. The van der Waals surface area contributed by atoms with E-state index in [2.05, 4.69) is 59.8 Å². The molecule has 0 fully saturated rings. The molecule has 0 bridgehead atoms. The Morgan fingerprint density at radius 1 is 1.22 bits per heavy atom. The quantitative estimate of drug-likeness (QED) is 0.362. The molecule has 0 spiro atoms. The van der Waals surface area contributed by atoms with Gasteiger partial charge in [0.2, 0.25) is 0 Å². The molecule has 1 heterocycles. The van der Waals surface area contributed by atoms with Crippen LogP contribution in [-0.4, -0.2) is 48.6 Å². The van der Waals surface area contributed by atoms with E-state index in [0.29, 0.717) is 5.92 Å². The number of nitrogens with one attached hydrogen (secondary N) is 2. The van der Waals surface area contributed by atoms with Crippen LogP contribution in [0.2, 0.25) is 0 Å². The summed E-state index contributed by atoms with van der Waals surface area (Å²) in [6.07, 6.45) is 5.83.